The molecule has 0 amide bonds. The Morgan fingerprint density at radius 1 is 1.17 bits per heavy atom. The minimum atomic E-state index is 0. The third kappa shape index (κ3) is 2.12. The van der Waals surface area contributed by atoms with Gasteiger partial charge in [0.2, 0.25) is 0 Å². The van der Waals surface area contributed by atoms with Crippen LogP contribution in [0.3, 0.4) is 0 Å². The Labute approximate surface area is 81.1 Å². The van der Waals surface area contributed by atoms with Crippen molar-refractivity contribution in [1.82, 2.24) is 10.2 Å². The normalized spacial score (nSPS) is 27.8. The summed E-state index contributed by atoms with van der Waals surface area (Å²) in [7, 11) is 0. The molecule has 0 unspecified atom stereocenters. The lowest BCUT2D eigenvalue weighted by molar-refractivity contribution is 0.0473. The highest BCUT2D eigenvalue weighted by atomic mass is 35.5. The van der Waals surface area contributed by atoms with Crippen molar-refractivity contribution in [2.75, 3.05) is 26.2 Å². The van der Waals surface area contributed by atoms with Gasteiger partial charge in [0.1, 0.15) is 0 Å². The molecule has 0 aromatic heterocycles. The summed E-state index contributed by atoms with van der Waals surface area (Å²) in [6.45, 7) is 7.51. The van der Waals surface area contributed by atoms with Crippen LogP contribution in [0.4, 0.5) is 0 Å². The summed E-state index contributed by atoms with van der Waals surface area (Å²) in [5, 5.41) is 3.40. The summed E-state index contributed by atoms with van der Waals surface area (Å²) >= 11 is 0. The van der Waals surface area contributed by atoms with Gasteiger partial charge < -0.3 is 5.32 Å². The van der Waals surface area contributed by atoms with E-state index in [0.29, 0.717) is 0 Å². The minimum absolute atomic E-state index is 0. The van der Waals surface area contributed by atoms with Crippen molar-refractivity contribution in [3.63, 3.8) is 0 Å². The molecule has 1 N–H and O–H groups in total. The summed E-state index contributed by atoms with van der Waals surface area (Å²) in [5.41, 5.74) is 0. The van der Waals surface area contributed by atoms with E-state index in [4.69, 9.17) is 0 Å². The summed E-state index contributed by atoms with van der Waals surface area (Å²) in [6, 6.07) is 0.910. The maximum absolute atomic E-state index is 3.40. The van der Waals surface area contributed by atoms with Crippen LogP contribution in [0, 0.1) is 5.92 Å². The van der Waals surface area contributed by atoms with Gasteiger partial charge >= 0.3 is 0 Å². The summed E-state index contributed by atoms with van der Waals surface area (Å²) in [5.74, 6) is 0.963. The van der Waals surface area contributed by atoms with Crippen LogP contribution in [0.2, 0.25) is 0 Å². The van der Waals surface area contributed by atoms with Gasteiger partial charge in [-0.15, -0.1) is 12.4 Å². The zero-order valence-corrected chi connectivity index (χ0v) is 8.57. The predicted octanol–water partition coefficient (Wildman–Crippen LogP) is 1.11. The summed E-state index contributed by atoms with van der Waals surface area (Å²) in [6.07, 6.45) is 2.74. The molecule has 2 heterocycles. The van der Waals surface area contributed by atoms with Gasteiger partial charge in [-0.1, -0.05) is 6.92 Å². The first-order valence-corrected chi connectivity index (χ1v) is 4.81. The summed E-state index contributed by atoms with van der Waals surface area (Å²) in [4.78, 5) is 2.64. The van der Waals surface area contributed by atoms with E-state index >= 15 is 0 Å². The number of likely N-dealkylation sites (tertiary alicyclic amines) is 1. The second-order valence-corrected chi connectivity index (χ2v) is 4.04. The van der Waals surface area contributed by atoms with Crippen molar-refractivity contribution in [2.24, 2.45) is 5.92 Å². The molecular formula is C9H19ClN2. The quantitative estimate of drug-likeness (QED) is 0.667. The Bertz CT molecular complexity index is 128. The van der Waals surface area contributed by atoms with Crippen LogP contribution in [0.15, 0.2) is 0 Å². The minimum Gasteiger partial charge on any atom is -0.317 e. The number of rotatable bonds is 1. The lowest BCUT2D eigenvalue weighted by Gasteiger charge is -2.44. The largest absolute Gasteiger partial charge is 0.317 e. The van der Waals surface area contributed by atoms with Gasteiger partial charge in [-0.3, -0.25) is 4.90 Å². The first-order valence-electron chi connectivity index (χ1n) is 4.81. The number of nitrogens with zero attached hydrogens (tertiary/aromatic N) is 1. The smallest absolute Gasteiger partial charge is 0.0120 e. The van der Waals surface area contributed by atoms with Gasteiger partial charge in [0.25, 0.3) is 0 Å². The van der Waals surface area contributed by atoms with Crippen molar-refractivity contribution >= 4 is 12.4 Å². The van der Waals surface area contributed by atoms with E-state index in [2.05, 4.69) is 17.1 Å². The molecule has 2 aliphatic rings. The van der Waals surface area contributed by atoms with Crippen molar-refractivity contribution < 1.29 is 0 Å². The maximum atomic E-state index is 3.40. The van der Waals surface area contributed by atoms with Gasteiger partial charge in [-0.25, -0.2) is 0 Å². The highest BCUT2D eigenvalue weighted by Gasteiger charge is 2.29. The zero-order chi connectivity index (χ0) is 7.68. The molecule has 0 atom stereocenters. The predicted molar refractivity (Wildman–Crippen MR) is 53.9 cm³/mol. The van der Waals surface area contributed by atoms with Crippen LogP contribution < -0.4 is 5.32 Å². The number of hydrogen-bond acceptors (Lipinski definition) is 2. The molecule has 0 aromatic rings. The molecule has 2 nitrogen and oxygen atoms in total. The molecule has 72 valence electrons. The maximum Gasteiger partial charge on any atom is 0.0120 e. The molecule has 0 aliphatic carbocycles. The van der Waals surface area contributed by atoms with Gasteiger partial charge in [-0.2, -0.15) is 0 Å². The second-order valence-electron chi connectivity index (χ2n) is 4.04. The van der Waals surface area contributed by atoms with Gasteiger partial charge in [0, 0.05) is 19.1 Å². The molecule has 0 saturated carbocycles. The first kappa shape index (κ1) is 10.3. The van der Waals surface area contributed by atoms with Crippen LogP contribution in [-0.2, 0) is 0 Å². The van der Waals surface area contributed by atoms with E-state index < -0.39 is 0 Å². The highest BCUT2D eigenvalue weighted by Crippen LogP contribution is 2.22. The van der Waals surface area contributed by atoms with Crippen LogP contribution in [0.5, 0.6) is 0 Å². The monoisotopic (exact) mass is 190 g/mol. The number of hydrogen-bond donors (Lipinski definition) is 1. The van der Waals surface area contributed by atoms with E-state index in [0.717, 1.165) is 12.0 Å². The molecule has 2 aliphatic heterocycles. The molecular weight excluding hydrogens is 172 g/mol. The molecule has 0 bridgehead atoms. The standard InChI is InChI=1S/C9H18N2.ClH/c1-8-6-11(7-8)9-2-4-10-5-3-9;/h8-10H,2-7H2,1H3;1H. The average molecular weight is 191 g/mol. The molecule has 0 spiro atoms. The van der Waals surface area contributed by atoms with Crippen LogP contribution in [-0.4, -0.2) is 37.1 Å². The lowest BCUT2D eigenvalue weighted by atomic mass is 9.95. The number of nitrogens with one attached hydrogen (secondary N) is 1. The summed E-state index contributed by atoms with van der Waals surface area (Å²) < 4.78 is 0. The molecule has 2 fully saturated rings. The zero-order valence-electron chi connectivity index (χ0n) is 7.75. The average Bonchev–Trinajstić information content (AvgIpc) is 2.01. The molecule has 2 saturated heterocycles. The van der Waals surface area contributed by atoms with E-state index in [-0.39, 0.29) is 12.4 Å². The molecule has 2 rings (SSSR count). The topological polar surface area (TPSA) is 15.3 Å². The first-order chi connectivity index (χ1) is 5.36. The van der Waals surface area contributed by atoms with Gasteiger partial charge in [0.05, 0.1) is 0 Å². The van der Waals surface area contributed by atoms with Crippen molar-refractivity contribution in [3.05, 3.63) is 0 Å². The van der Waals surface area contributed by atoms with Gasteiger partial charge in [0.15, 0.2) is 0 Å². The SMILES string of the molecule is CC1CN(C2CCNCC2)C1.Cl. The Kier molecular flexibility index (Phi) is 3.81. The molecule has 0 aromatic carbocycles. The van der Waals surface area contributed by atoms with Crippen LogP contribution in [0.25, 0.3) is 0 Å². The Morgan fingerprint density at radius 3 is 2.25 bits per heavy atom. The molecule has 0 radical (unpaired) electrons. The molecule has 12 heavy (non-hydrogen) atoms. The Balaban J connectivity index is 0.000000720. The van der Waals surface area contributed by atoms with E-state index in [1.165, 1.54) is 39.0 Å². The van der Waals surface area contributed by atoms with Crippen LogP contribution >= 0.6 is 12.4 Å². The third-order valence-electron chi connectivity index (χ3n) is 2.92. The number of piperidine rings is 1. The van der Waals surface area contributed by atoms with E-state index in [1.807, 2.05) is 0 Å². The van der Waals surface area contributed by atoms with E-state index in [9.17, 15) is 0 Å². The van der Waals surface area contributed by atoms with Crippen molar-refractivity contribution in [1.29, 1.82) is 0 Å². The fourth-order valence-electron chi connectivity index (χ4n) is 2.22. The fourth-order valence-corrected chi connectivity index (χ4v) is 2.22. The van der Waals surface area contributed by atoms with Gasteiger partial charge in [-0.05, 0) is 31.8 Å². The fraction of sp³-hybridized carbons (Fsp3) is 1.00. The third-order valence-corrected chi connectivity index (χ3v) is 2.92. The lowest BCUT2D eigenvalue weighted by Crippen LogP contribution is -2.53. The Morgan fingerprint density at radius 2 is 1.75 bits per heavy atom. The highest BCUT2D eigenvalue weighted by molar-refractivity contribution is 5.85. The number of halogens is 1. The van der Waals surface area contributed by atoms with Crippen LogP contribution in [0.1, 0.15) is 19.8 Å². The Hall–Kier alpha value is 0.210. The second kappa shape index (κ2) is 4.45. The molecule has 3 heteroatoms. The van der Waals surface area contributed by atoms with E-state index in [1.54, 1.807) is 0 Å². The van der Waals surface area contributed by atoms with Crippen molar-refractivity contribution in [3.8, 4) is 0 Å². The van der Waals surface area contributed by atoms with Crippen molar-refractivity contribution in [2.45, 2.75) is 25.8 Å².